The van der Waals surface area contributed by atoms with Gasteiger partial charge in [-0.3, -0.25) is 0 Å². The Morgan fingerprint density at radius 2 is 2.50 bits per heavy atom. The number of nitrogens with zero attached hydrogens (tertiary/aromatic N) is 2. The highest BCUT2D eigenvalue weighted by atomic mass is 32.1. The molecule has 1 aliphatic rings. The first-order valence-electron chi connectivity index (χ1n) is 2.28. The molecule has 1 aromatic rings. The van der Waals surface area contributed by atoms with Crippen LogP contribution < -0.4 is 0 Å². The van der Waals surface area contributed by atoms with E-state index in [-0.39, 0.29) is 0 Å². The van der Waals surface area contributed by atoms with E-state index in [9.17, 15) is 0 Å². The van der Waals surface area contributed by atoms with Gasteiger partial charge in [-0.25, -0.2) is 0 Å². The van der Waals surface area contributed by atoms with E-state index in [1.807, 2.05) is 11.4 Å². The summed E-state index contributed by atoms with van der Waals surface area (Å²) in [4.78, 5) is 0. The maximum atomic E-state index is 3.85. The molecule has 3 heteroatoms. The van der Waals surface area contributed by atoms with Gasteiger partial charge in [-0.1, -0.05) is 0 Å². The maximum absolute atomic E-state index is 3.85. The SMILES string of the molecule is [CH]1N=Nc2sccc21. The fourth-order valence-corrected chi connectivity index (χ4v) is 1.33. The van der Waals surface area contributed by atoms with E-state index >= 15 is 0 Å². The molecule has 0 saturated carbocycles. The molecule has 1 radical (unpaired) electrons. The molecule has 0 bridgehead atoms. The summed E-state index contributed by atoms with van der Waals surface area (Å²) in [5.74, 6) is 0. The zero-order chi connectivity index (χ0) is 5.40. The van der Waals surface area contributed by atoms with Crippen LogP contribution in [0.3, 0.4) is 0 Å². The Labute approximate surface area is 50.9 Å². The van der Waals surface area contributed by atoms with Crippen LogP contribution >= 0.6 is 11.3 Å². The van der Waals surface area contributed by atoms with Crippen molar-refractivity contribution in [2.45, 2.75) is 0 Å². The number of hydrogen-bond donors (Lipinski definition) is 0. The minimum Gasteiger partial charge on any atom is -0.177 e. The van der Waals surface area contributed by atoms with E-state index < -0.39 is 0 Å². The Morgan fingerprint density at radius 1 is 1.50 bits per heavy atom. The predicted octanol–water partition coefficient (Wildman–Crippen LogP) is 2.36. The van der Waals surface area contributed by atoms with Crippen LogP contribution in [0.5, 0.6) is 0 Å². The van der Waals surface area contributed by atoms with Crippen LogP contribution in [0.25, 0.3) is 0 Å². The fraction of sp³-hybridized carbons (Fsp3) is 0. The van der Waals surface area contributed by atoms with Gasteiger partial charge in [-0.05, 0) is 11.4 Å². The van der Waals surface area contributed by atoms with Crippen molar-refractivity contribution in [2.24, 2.45) is 10.2 Å². The maximum Gasteiger partial charge on any atom is 0.143 e. The second-order valence-corrected chi connectivity index (χ2v) is 2.42. The van der Waals surface area contributed by atoms with Gasteiger partial charge < -0.3 is 0 Å². The van der Waals surface area contributed by atoms with Crippen molar-refractivity contribution in [3.63, 3.8) is 0 Å². The standard InChI is InChI=1S/C5H3N2S/c1-2-8-5-4(1)3-6-7-5/h1-3H. The van der Waals surface area contributed by atoms with E-state index in [4.69, 9.17) is 0 Å². The molecule has 0 fully saturated rings. The van der Waals surface area contributed by atoms with Crippen molar-refractivity contribution >= 4 is 16.3 Å². The van der Waals surface area contributed by atoms with E-state index in [1.54, 1.807) is 17.9 Å². The Morgan fingerprint density at radius 3 is 3.38 bits per heavy atom. The Kier molecular flexibility index (Phi) is 0.729. The molecule has 0 aliphatic carbocycles. The predicted molar refractivity (Wildman–Crippen MR) is 32.2 cm³/mol. The summed E-state index contributed by atoms with van der Waals surface area (Å²) >= 11 is 1.62. The van der Waals surface area contributed by atoms with Gasteiger partial charge in [0.05, 0.1) is 0 Å². The average molecular weight is 123 g/mol. The average Bonchev–Trinajstić information content (AvgIpc) is 2.15. The lowest BCUT2D eigenvalue weighted by atomic mass is 10.3. The second-order valence-electron chi connectivity index (χ2n) is 1.53. The fourth-order valence-electron chi connectivity index (χ4n) is 0.634. The van der Waals surface area contributed by atoms with Crippen LogP contribution in [0.15, 0.2) is 21.7 Å². The molecule has 39 valence electrons. The van der Waals surface area contributed by atoms with Crippen LogP contribution in [0.1, 0.15) is 5.56 Å². The largest absolute Gasteiger partial charge is 0.177 e. The molecular formula is C5H3N2S. The third kappa shape index (κ3) is 0.419. The van der Waals surface area contributed by atoms with E-state index in [2.05, 4.69) is 10.2 Å². The zero-order valence-corrected chi connectivity index (χ0v) is 4.85. The summed E-state index contributed by atoms with van der Waals surface area (Å²) in [6.07, 6.45) is 0. The smallest absolute Gasteiger partial charge is 0.143 e. The molecule has 2 heterocycles. The van der Waals surface area contributed by atoms with Crippen molar-refractivity contribution < 1.29 is 0 Å². The topological polar surface area (TPSA) is 24.7 Å². The summed E-state index contributed by atoms with van der Waals surface area (Å²) in [5.41, 5.74) is 1.15. The van der Waals surface area contributed by atoms with Gasteiger partial charge in [0, 0.05) is 5.56 Å². The molecule has 0 saturated heterocycles. The van der Waals surface area contributed by atoms with Crippen LogP contribution in [0.4, 0.5) is 5.00 Å². The summed E-state index contributed by atoms with van der Waals surface area (Å²) in [6, 6.07) is 2.01. The summed E-state index contributed by atoms with van der Waals surface area (Å²) in [6.45, 7) is 1.77. The molecule has 0 unspecified atom stereocenters. The summed E-state index contributed by atoms with van der Waals surface area (Å²) < 4.78 is 0. The third-order valence-corrected chi connectivity index (χ3v) is 1.83. The Bertz CT molecular complexity index is 226. The quantitative estimate of drug-likeness (QED) is 0.506. The molecule has 1 aliphatic heterocycles. The molecule has 0 amide bonds. The monoisotopic (exact) mass is 123 g/mol. The lowest BCUT2D eigenvalue weighted by molar-refractivity contribution is 1.25. The van der Waals surface area contributed by atoms with Crippen molar-refractivity contribution in [3.8, 4) is 0 Å². The first kappa shape index (κ1) is 4.21. The third-order valence-electron chi connectivity index (χ3n) is 1.02. The first-order valence-corrected chi connectivity index (χ1v) is 3.16. The molecule has 1 aromatic heterocycles. The van der Waals surface area contributed by atoms with Crippen LogP contribution in [-0.2, 0) is 0 Å². The number of hydrogen-bond acceptors (Lipinski definition) is 3. The van der Waals surface area contributed by atoms with Gasteiger partial charge >= 0.3 is 0 Å². The van der Waals surface area contributed by atoms with Crippen molar-refractivity contribution in [3.05, 3.63) is 23.6 Å². The van der Waals surface area contributed by atoms with E-state index in [0.29, 0.717) is 0 Å². The molecular weight excluding hydrogens is 120 g/mol. The molecule has 0 atom stereocenters. The minimum atomic E-state index is 1.03. The number of azo groups is 1. The van der Waals surface area contributed by atoms with E-state index in [1.165, 1.54) is 0 Å². The van der Waals surface area contributed by atoms with Gasteiger partial charge in [0.25, 0.3) is 0 Å². The van der Waals surface area contributed by atoms with Gasteiger partial charge in [-0.15, -0.1) is 16.5 Å². The van der Waals surface area contributed by atoms with Gasteiger partial charge in [-0.2, -0.15) is 5.11 Å². The van der Waals surface area contributed by atoms with Crippen LogP contribution in [-0.4, -0.2) is 0 Å². The minimum absolute atomic E-state index is 1.03. The normalized spacial score (nSPS) is 14.5. The van der Waals surface area contributed by atoms with Crippen LogP contribution in [0.2, 0.25) is 0 Å². The van der Waals surface area contributed by atoms with Crippen molar-refractivity contribution in [1.29, 1.82) is 0 Å². The first-order chi connectivity index (χ1) is 3.97. The molecule has 0 aromatic carbocycles. The second kappa shape index (κ2) is 1.39. The van der Waals surface area contributed by atoms with Gasteiger partial charge in [0.1, 0.15) is 11.5 Å². The van der Waals surface area contributed by atoms with Gasteiger partial charge in [0.15, 0.2) is 0 Å². The lowest BCUT2D eigenvalue weighted by Crippen LogP contribution is -1.59. The molecule has 2 rings (SSSR count). The number of rotatable bonds is 0. The number of fused-ring (bicyclic) bond motifs is 1. The highest BCUT2D eigenvalue weighted by molar-refractivity contribution is 7.14. The Balaban J connectivity index is 2.67. The van der Waals surface area contributed by atoms with Gasteiger partial charge in [0.2, 0.25) is 0 Å². The highest BCUT2D eigenvalue weighted by Crippen LogP contribution is 2.32. The molecule has 8 heavy (non-hydrogen) atoms. The van der Waals surface area contributed by atoms with Crippen molar-refractivity contribution in [1.82, 2.24) is 0 Å². The highest BCUT2D eigenvalue weighted by Gasteiger charge is 2.07. The molecule has 2 nitrogen and oxygen atoms in total. The zero-order valence-electron chi connectivity index (χ0n) is 4.03. The molecule has 0 N–H and O–H groups in total. The lowest BCUT2D eigenvalue weighted by Gasteiger charge is -1.73. The molecule has 0 spiro atoms. The van der Waals surface area contributed by atoms with Crippen molar-refractivity contribution in [2.75, 3.05) is 0 Å². The summed E-state index contributed by atoms with van der Waals surface area (Å²) in [7, 11) is 0. The summed E-state index contributed by atoms with van der Waals surface area (Å²) in [5, 5.41) is 10.6. The van der Waals surface area contributed by atoms with Crippen LogP contribution in [0, 0.1) is 6.54 Å². The Hall–Kier alpha value is -0.700. The number of thiophene rings is 1. The van der Waals surface area contributed by atoms with E-state index in [0.717, 1.165) is 10.6 Å².